The number of nitrogens with two attached hydrogens (primary N) is 1. The van der Waals surface area contributed by atoms with Gasteiger partial charge in [0.1, 0.15) is 10.7 Å². The number of benzene rings is 2. The summed E-state index contributed by atoms with van der Waals surface area (Å²) in [6, 6.07) is 8.55. The second-order valence-electron chi connectivity index (χ2n) is 4.56. The van der Waals surface area contributed by atoms with Gasteiger partial charge in [0.05, 0.1) is 10.7 Å². The number of hydrogen-bond donors (Lipinski definition) is 2. The fourth-order valence-electron chi connectivity index (χ4n) is 1.81. The number of anilines is 1. The van der Waals surface area contributed by atoms with E-state index >= 15 is 0 Å². The van der Waals surface area contributed by atoms with Crippen LogP contribution in [0.2, 0.25) is 5.02 Å². The monoisotopic (exact) mass is 328 g/mol. The first kappa shape index (κ1) is 15.8. The minimum absolute atomic E-state index is 0.0403. The van der Waals surface area contributed by atoms with Gasteiger partial charge in [0.15, 0.2) is 0 Å². The molecule has 21 heavy (non-hydrogen) atoms. The van der Waals surface area contributed by atoms with E-state index in [4.69, 9.17) is 17.3 Å². The molecule has 4 nitrogen and oxygen atoms in total. The molecular formula is C14H14ClFN2O2S. The Bertz CT molecular complexity index is 779. The lowest BCUT2D eigenvalue weighted by Gasteiger charge is -2.11. The highest BCUT2D eigenvalue weighted by atomic mass is 35.5. The van der Waals surface area contributed by atoms with Gasteiger partial charge in [0.2, 0.25) is 0 Å². The van der Waals surface area contributed by atoms with Crippen LogP contribution in [0.3, 0.4) is 0 Å². The fourth-order valence-corrected chi connectivity index (χ4v) is 3.43. The van der Waals surface area contributed by atoms with Gasteiger partial charge in [-0.1, -0.05) is 23.7 Å². The Labute approximate surface area is 127 Å². The molecule has 0 saturated carbocycles. The van der Waals surface area contributed by atoms with Gasteiger partial charge < -0.3 is 5.73 Å². The van der Waals surface area contributed by atoms with Crippen LogP contribution in [0.15, 0.2) is 41.3 Å². The van der Waals surface area contributed by atoms with Crippen molar-refractivity contribution in [1.29, 1.82) is 0 Å². The van der Waals surface area contributed by atoms with Crippen molar-refractivity contribution in [3.63, 3.8) is 0 Å². The van der Waals surface area contributed by atoms with E-state index in [-0.39, 0.29) is 22.2 Å². The van der Waals surface area contributed by atoms with Gasteiger partial charge >= 0.3 is 0 Å². The van der Waals surface area contributed by atoms with Crippen LogP contribution in [0, 0.1) is 12.7 Å². The van der Waals surface area contributed by atoms with Crippen LogP contribution in [0.4, 0.5) is 10.1 Å². The standard InChI is InChI=1S/C14H14ClFN2O2S/c1-9-2-4-12(16)13(6-9)18-21(19,20)14-5-3-10(8-17)7-11(14)15/h2-7,18H,8,17H2,1H3. The maximum atomic E-state index is 13.7. The normalized spacial score (nSPS) is 11.4. The van der Waals surface area contributed by atoms with Crippen LogP contribution in [-0.4, -0.2) is 8.42 Å². The number of rotatable bonds is 4. The number of hydrogen-bond acceptors (Lipinski definition) is 3. The smallest absolute Gasteiger partial charge is 0.263 e. The van der Waals surface area contributed by atoms with Crippen molar-refractivity contribution >= 4 is 27.3 Å². The minimum Gasteiger partial charge on any atom is -0.326 e. The van der Waals surface area contributed by atoms with E-state index in [2.05, 4.69) is 4.72 Å². The zero-order chi connectivity index (χ0) is 15.6. The molecule has 3 N–H and O–H groups in total. The quantitative estimate of drug-likeness (QED) is 0.906. The lowest BCUT2D eigenvalue weighted by atomic mass is 10.2. The Hall–Kier alpha value is -1.63. The highest BCUT2D eigenvalue weighted by molar-refractivity contribution is 7.92. The van der Waals surface area contributed by atoms with Crippen molar-refractivity contribution in [2.24, 2.45) is 5.73 Å². The number of halogens is 2. The maximum Gasteiger partial charge on any atom is 0.263 e. The predicted molar refractivity (Wildman–Crippen MR) is 81.3 cm³/mol. The lowest BCUT2D eigenvalue weighted by Crippen LogP contribution is -2.15. The summed E-state index contributed by atoms with van der Waals surface area (Å²) in [6.07, 6.45) is 0. The third kappa shape index (κ3) is 3.53. The van der Waals surface area contributed by atoms with Gasteiger partial charge in [-0.2, -0.15) is 0 Å². The summed E-state index contributed by atoms with van der Waals surface area (Å²) in [6.45, 7) is 1.99. The Morgan fingerprint density at radius 1 is 1.24 bits per heavy atom. The largest absolute Gasteiger partial charge is 0.326 e. The highest BCUT2D eigenvalue weighted by Crippen LogP contribution is 2.26. The molecule has 0 amide bonds. The van der Waals surface area contributed by atoms with Crippen LogP contribution in [-0.2, 0) is 16.6 Å². The second kappa shape index (κ2) is 6.01. The zero-order valence-electron chi connectivity index (χ0n) is 11.2. The molecule has 2 rings (SSSR count). The average Bonchev–Trinajstić information content (AvgIpc) is 2.42. The van der Waals surface area contributed by atoms with E-state index in [0.29, 0.717) is 5.56 Å². The first-order valence-electron chi connectivity index (χ1n) is 6.11. The molecule has 0 heterocycles. The third-order valence-electron chi connectivity index (χ3n) is 2.89. The molecular weight excluding hydrogens is 315 g/mol. The van der Waals surface area contributed by atoms with Gasteiger partial charge in [-0.3, -0.25) is 4.72 Å². The molecule has 2 aromatic rings. The molecule has 7 heteroatoms. The topological polar surface area (TPSA) is 72.2 Å². The van der Waals surface area contributed by atoms with Crippen molar-refractivity contribution in [2.45, 2.75) is 18.4 Å². The molecule has 0 radical (unpaired) electrons. The molecule has 0 unspecified atom stereocenters. The summed E-state index contributed by atoms with van der Waals surface area (Å²) in [5, 5.41) is 0.0403. The molecule has 0 saturated heterocycles. The number of sulfonamides is 1. The van der Waals surface area contributed by atoms with Crippen LogP contribution in [0.5, 0.6) is 0 Å². The van der Waals surface area contributed by atoms with Crippen LogP contribution < -0.4 is 10.5 Å². The Morgan fingerprint density at radius 3 is 2.57 bits per heavy atom. The van der Waals surface area contributed by atoms with E-state index < -0.39 is 15.8 Å². The molecule has 0 aliphatic rings. The fraction of sp³-hybridized carbons (Fsp3) is 0.143. The first-order chi connectivity index (χ1) is 9.83. The molecule has 2 aromatic carbocycles. The molecule has 0 bridgehead atoms. The predicted octanol–water partition coefficient (Wildman–Crippen LogP) is 3.05. The van der Waals surface area contributed by atoms with Crippen LogP contribution in [0.25, 0.3) is 0 Å². The SMILES string of the molecule is Cc1ccc(F)c(NS(=O)(=O)c2ccc(CN)cc2Cl)c1. The van der Waals surface area contributed by atoms with Crippen LogP contribution >= 0.6 is 11.6 Å². The molecule has 0 fully saturated rings. The minimum atomic E-state index is -3.97. The molecule has 0 atom stereocenters. The van der Waals surface area contributed by atoms with Crippen molar-refractivity contribution in [3.8, 4) is 0 Å². The summed E-state index contributed by atoms with van der Waals surface area (Å²) < 4.78 is 40.4. The van der Waals surface area contributed by atoms with Gasteiger partial charge in [-0.05, 0) is 42.3 Å². The van der Waals surface area contributed by atoms with E-state index in [1.807, 2.05) is 0 Å². The zero-order valence-corrected chi connectivity index (χ0v) is 12.8. The van der Waals surface area contributed by atoms with E-state index in [1.54, 1.807) is 19.1 Å². The van der Waals surface area contributed by atoms with E-state index in [9.17, 15) is 12.8 Å². The van der Waals surface area contributed by atoms with Crippen molar-refractivity contribution in [1.82, 2.24) is 0 Å². The number of nitrogens with one attached hydrogen (secondary N) is 1. The second-order valence-corrected chi connectivity index (χ2v) is 6.62. The van der Waals surface area contributed by atoms with Gasteiger partial charge in [0.25, 0.3) is 10.0 Å². The van der Waals surface area contributed by atoms with Gasteiger partial charge in [0, 0.05) is 6.54 Å². The summed E-state index contributed by atoms with van der Waals surface area (Å²) >= 11 is 5.96. The molecule has 0 spiro atoms. The molecule has 0 aromatic heterocycles. The molecule has 112 valence electrons. The van der Waals surface area contributed by atoms with Crippen molar-refractivity contribution in [3.05, 3.63) is 58.4 Å². The maximum absolute atomic E-state index is 13.7. The summed E-state index contributed by atoms with van der Waals surface area (Å²) in [7, 11) is -3.97. The summed E-state index contributed by atoms with van der Waals surface area (Å²) in [5.74, 6) is -0.654. The summed E-state index contributed by atoms with van der Waals surface area (Å²) in [4.78, 5) is -0.123. The summed E-state index contributed by atoms with van der Waals surface area (Å²) in [5.41, 5.74) is 6.79. The lowest BCUT2D eigenvalue weighted by molar-refractivity contribution is 0.598. The van der Waals surface area contributed by atoms with E-state index in [0.717, 1.165) is 5.56 Å². The Morgan fingerprint density at radius 2 is 1.95 bits per heavy atom. The van der Waals surface area contributed by atoms with Crippen molar-refractivity contribution in [2.75, 3.05) is 4.72 Å². The Balaban J connectivity index is 2.41. The average molecular weight is 329 g/mol. The molecule has 0 aliphatic carbocycles. The van der Waals surface area contributed by atoms with Crippen LogP contribution in [0.1, 0.15) is 11.1 Å². The Kier molecular flexibility index (Phi) is 4.51. The highest BCUT2D eigenvalue weighted by Gasteiger charge is 2.19. The third-order valence-corrected chi connectivity index (χ3v) is 4.74. The first-order valence-corrected chi connectivity index (χ1v) is 7.97. The van der Waals surface area contributed by atoms with Gasteiger partial charge in [-0.15, -0.1) is 0 Å². The molecule has 0 aliphatic heterocycles. The number of aryl methyl sites for hydroxylation is 1. The van der Waals surface area contributed by atoms with Crippen molar-refractivity contribution < 1.29 is 12.8 Å². The van der Waals surface area contributed by atoms with Gasteiger partial charge in [-0.25, -0.2) is 12.8 Å². The van der Waals surface area contributed by atoms with E-state index in [1.165, 1.54) is 24.3 Å².